The number of nitrogens with one attached hydrogen (secondary N) is 9. The Balaban J connectivity index is 0.742. The van der Waals surface area contributed by atoms with Gasteiger partial charge in [-0.05, 0) is 69.6 Å². The van der Waals surface area contributed by atoms with Gasteiger partial charge in [0.2, 0.25) is 11.8 Å². The van der Waals surface area contributed by atoms with E-state index in [2.05, 4.69) is 47.9 Å². The van der Waals surface area contributed by atoms with Gasteiger partial charge in [-0.15, -0.1) is 0 Å². The quantitative estimate of drug-likeness (QED) is 0.0337. The highest BCUT2D eigenvalue weighted by Gasteiger charge is 2.43. The number of carbonyl (C=O) groups is 6. The van der Waals surface area contributed by atoms with Gasteiger partial charge in [-0.25, -0.2) is 9.59 Å². The van der Waals surface area contributed by atoms with E-state index in [1.54, 1.807) is 25.2 Å². The molecule has 4 aliphatic rings. The molecular formula is C49H81N9O12S2. The second-order valence-electron chi connectivity index (χ2n) is 18.1. The summed E-state index contributed by atoms with van der Waals surface area (Å²) >= 11 is 3.79. The SMILES string of the molecule is CNc1cc(C(=O)NCCCOCCOCCOCCCNC(=O)CCCCC2SCC3NC(=O)NC32)cc(C(=O)NCCCOCCOCCOCCCNC(=O)CCCCC2SCC3NC(=O)NC32)c1. The van der Waals surface area contributed by atoms with Crippen molar-refractivity contribution in [3.63, 3.8) is 0 Å². The molecule has 21 nitrogen and oxygen atoms in total. The second kappa shape index (κ2) is 35.2. The number of amides is 8. The normalized spacial score (nSPS) is 20.7. The van der Waals surface area contributed by atoms with Crippen LogP contribution in [-0.2, 0) is 38.0 Å². The van der Waals surface area contributed by atoms with E-state index in [9.17, 15) is 28.8 Å². The lowest BCUT2D eigenvalue weighted by atomic mass is 10.0. The standard InChI is InChI=1S/C49H81N9O12S2/c1-50-37-31-35(46(61)53-16-8-20-67-24-28-69-26-22-65-18-6-14-51-42(59)12-4-2-10-40-44-38(33-71-40)55-48(63)57-44)30-36(32-37)47(62)54-17-9-21-68-25-29-70-27-23-66-19-7-15-52-43(60)13-5-3-11-41-45-39(34-72-41)56-49(64)58-45/h30-32,38-41,44-45,50H,2-29,33-34H2,1H3,(H,51,59)(H,52,60)(H,53,61)(H,54,62)(H2,55,57,63)(H2,56,58,64). The van der Waals surface area contributed by atoms with Crippen molar-refractivity contribution in [2.45, 2.75) is 112 Å². The summed E-state index contributed by atoms with van der Waals surface area (Å²) in [7, 11) is 1.73. The lowest BCUT2D eigenvalue weighted by Gasteiger charge is -2.16. The van der Waals surface area contributed by atoms with Crippen molar-refractivity contribution < 1.29 is 57.2 Å². The Kier molecular flexibility index (Phi) is 28.7. The molecule has 1 aromatic carbocycles. The lowest BCUT2D eigenvalue weighted by molar-refractivity contribution is -0.122. The minimum atomic E-state index is -0.283. The van der Waals surface area contributed by atoms with Crippen LogP contribution in [0, 0.1) is 0 Å². The summed E-state index contributed by atoms with van der Waals surface area (Å²) in [5.74, 6) is 1.45. The van der Waals surface area contributed by atoms with E-state index in [-0.39, 0.29) is 59.9 Å². The topological polar surface area (TPSA) is 266 Å². The van der Waals surface area contributed by atoms with Crippen LogP contribution < -0.4 is 47.9 Å². The first kappa shape index (κ1) is 58.8. The molecule has 5 rings (SSSR count). The Morgan fingerprint density at radius 2 is 0.847 bits per heavy atom. The van der Waals surface area contributed by atoms with Crippen LogP contribution in [0.2, 0.25) is 0 Å². The number of anilines is 1. The molecule has 4 saturated heterocycles. The van der Waals surface area contributed by atoms with Gasteiger partial charge < -0.3 is 76.3 Å². The van der Waals surface area contributed by atoms with E-state index >= 15 is 0 Å². The van der Waals surface area contributed by atoms with E-state index in [1.807, 2.05) is 23.5 Å². The van der Waals surface area contributed by atoms with Crippen molar-refractivity contribution in [1.82, 2.24) is 42.5 Å². The van der Waals surface area contributed by atoms with Crippen LogP contribution in [0.5, 0.6) is 0 Å². The third-order valence-corrected chi connectivity index (χ3v) is 15.5. The smallest absolute Gasteiger partial charge is 0.315 e. The number of hydrogen-bond acceptors (Lipinski definition) is 15. The highest BCUT2D eigenvalue weighted by Crippen LogP contribution is 2.34. The van der Waals surface area contributed by atoms with E-state index in [0.717, 1.165) is 62.9 Å². The van der Waals surface area contributed by atoms with E-state index < -0.39 is 0 Å². The number of thioether (sulfide) groups is 2. The van der Waals surface area contributed by atoms with E-state index in [4.69, 9.17) is 28.4 Å². The fourth-order valence-corrected chi connectivity index (χ4v) is 11.7. The van der Waals surface area contributed by atoms with Crippen LogP contribution >= 0.6 is 23.5 Å². The summed E-state index contributed by atoms with van der Waals surface area (Å²) in [4.78, 5) is 73.2. The molecule has 4 heterocycles. The van der Waals surface area contributed by atoms with Crippen molar-refractivity contribution in [3.8, 4) is 0 Å². The highest BCUT2D eigenvalue weighted by molar-refractivity contribution is 8.00. The summed E-state index contributed by atoms with van der Waals surface area (Å²) in [6.07, 6.45) is 9.31. The molecule has 6 atom stereocenters. The largest absolute Gasteiger partial charge is 0.388 e. The van der Waals surface area contributed by atoms with Crippen LogP contribution in [0.15, 0.2) is 18.2 Å². The van der Waals surface area contributed by atoms with Gasteiger partial charge >= 0.3 is 12.1 Å². The Morgan fingerprint density at radius 3 is 1.22 bits per heavy atom. The zero-order valence-corrected chi connectivity index (χ0v) is 43.8. The monoisotopic (exact) mass is 1050 g/mol. The molecule has 0 aromatic heterocycles. The highest BCUT2D eigenvalue weighted by atomic mass is 32.2. The maximum absolute atomic E-state index is 12.9. The zero-order chi connectivity index (χ0) is 51.0. The van der Waals surface area contributed by atoms with Crippen LogP contribution in [0.3, 0.4) is 0 Å². The summed E-state index contributed by atoms with van der Waals surface area (Å²) in [6.45, 7) is 7.46. The van der Waals surface area contributed by atoms with Crippen LogP contribution in [0.25, 0.3) is 0 Å². The van der Waals surface area contributed by atoms with Gasteiger partial charge in [0.1, 0.15) is 0 Å². The Hall–Kier alpha value is -4.10. The minimum Gasteiger partial charge on any atom is -0.388 e. The molecule has 0 aliphatic carbocycles. The predicted molar refractivity (Wildman–Crippen MR) is 278 cm³/mol. The number of unbranched alkanes of at least 4 members (excludes halogenated alkanes) is 2. The number of ether oxygens (including phenoxy) is 6. The first-order chi connectivity index (χ1) is 35.2. The molecule has 0 saturated carbocycles. The number of urea groups is 2. The zero-order valence-electron chi connectivity index (χ0n) is 42.1. The minimum absolute atomic E-state index is 0.0581. The third kappa shape index (κ3) is 23.0. The number of benzene rings is 1. The van der Waals surface area contributed by atoms with Gasteiger partial charge in [-0.3, -0.25) is 19.2 Å². The van der Waals surface area contributed by atoms with Crippen molar-refractivity contribution in [3.05, 3.63) is 29.3 Å². The molecule has 1 aromatic rings. The Bertz CT molecular complexity index is 1690. The molecule has 0 bridgehead atoms. The van der Waals surface area contributed by atoms with E-state index in [0.29, 0.717) is 158 Å². The number of fused-ring (bicyclic) bond motifs is 2. The van der Waals surface area contributed by atoms with Crippen molar-refractivity contribution in [1.29, 1.82) is 0 Å². The summed E-state index contributed by atoms with van der Waals surface area (Å²) in [5.41, 5.74) is 1.40. The van der Waals surface area contributed by atoms with E-state index in [1.165, 1.54) is 0 Å². The maximum Gasteiger partial charge on any atom is 0.315 e. The lowest BCUT2D eigenvalue weighted by Crippen LogP contribution is -2.36. The molecule has 4 fully saturated rings. The fourth-order valence-electron chi connectivity index (χ4n) is 8.60. The summed E-state index contributed by atoms with van der Waals surface area (Å²) in [5, 5.41) is 27.5. The molecule has 23 heteroatoms. The average Bonchev–Trinajstić information content (AvgIpc) is 4.15. The molecular weight excluding hydrogens is 971 g/mol. The third-order valence-electron chi connectivity index (χ3n) is 12.5. The second-order valence-corrected chi connectivity index (χ2v) is 20.6. The molecule has 406 valence electrons. The molecule has 6 unspecified atom stereocenters. The first-order valence-electron chi connectivity index (χ1n) is 26.0. The van der Waals surface area contributed by atoms with Gasteiger partial charge in [0.25, 0.3) is 11.8 Å². The predicted octanol–water partition coefficient (Wildman–Crippen LogP) is 2.53. The summed E-state index contributed by atoms with van der Waals surface area (Å²) < 4.78 is 33.6. The molecule has 0 radical (unpaired) electrons. The summed E-state index contributed by atoms with van der Waals surface area (Å²) in [6, 6.07) is 5.72. The van der Waals surface area contributed by atoms with Crippen molar-refractivity contribution >= 4 is 64.9 Å². The van der Waals surface area contributed by atoms with Gasteiger partial charge in [-0.2, -0.15) is 23.5 Å². The molecule has 8 amide bonds. The molecule has 0 spiro atoms. The maximum atomic E-state index is 12.9. The van der Waals surface area contributed by atoms with Gasteiger partial charge in [0, 0.05) is 111 Å². The Morgan fingerprint density at radius 1 is 0.486 bits per heavy atom. The van der Waals surface area contributed by atoms with Crippen LogP contribution in [0.4, 0.5) is 15.3 Å². The number of carbonyl (C=O) groups excluding carboxylic acids is 6. The Labute approximate surface area is 433 Å². The van der Waals surface area contributed by atoms with Crippen molar-refractivity contribution in [2.24, 2.45) is 0 Å². The first-order valence-corrected chi connectivity index (χ1v) is 28.1. The van der Waals surface area contributed by atoms with Crippen LogP contribution in [0.1, 0.15) is 97.8 Å². The van der Waals surface area contributed by atoms with Gasteiger partial charge in [0.15, 0.2) is 0 Å². The average molecular weight is 1050 g/mol. The van der Waals surface area contributed by atoms with Gasteiger partial charge in [-0.1, -0.05) is 12.8 Å². The molecule has 4 aliphatic heterocycles. The van der Waals surface area contributed by atoms with Crippen molar-refractivity contribution in [2.75, 3.05) is 129 Å². The fraction of sp³-hybridized carbons (Fsp3) is 0.755. The number of rotatable bonds is 41. The number of hydrogen-bond donors (Lipinski definition) is 9. The molecule has 72 heavy (non-hydrogen) atoms. The van der Waals surface area contributed by atoms with Crippen LogP contribution in [-0.4, -0.2) is 194 Å². The van der Waals surface area contributed by atoms with Gasteiger partial charge in [0.05, 0.1) is 77.0 Å². The molecule has 9 N–H and O–H groups in total.